The van der Waals surface area contributed by atoms with Crippen molar-refractivity contribution in [2.45, 2.75) is 39.4 Å². The molecule has 1 amide bonds. The fourth-order valence-corrected chi connectivity index (χ4v) is 3.79. The maximum absolute atomic E-state index is 12.5. The van der Waals surface area contributed by atoms with Crippen LogP contribution in [0.5, 0.6) is 0 Å². The van der Waals surface area contributed by atoms with Crippen LogP contribution in [0.4, 0.5) is 0 Å². The van der Waals surface area contributed by atoms with Crippen LogP contribution in [0.3, 0.4) is 0 Å². The Morgan fingerprint density at radius 3 is 2.08 bits per heavy atom. The molecule has 134 valence electrons. The first kappa shape index (κ1) is 20.4. The van der Waals surface area contributed by atoms with E-state index in [1.165, 1.54) is 0 Å². The van der Waals surface area contributed by atoms with E-state index in [0.717, 1.165) is 0 Å². The maximum atomic E-state index is 12.5. The van der Waals surface area contributed by atoms with Crippen LogP contribution in [0, 0.1) is 0 Å². The van der Waals surface area contributed by atoms with Crippen LogP contribution in [0.1, 0.15) is 43.1 Å². The summed E-state index contributed by atoms with van der Waals surface area (Å²) in [6, 6.07) is 5.50. The van der Waals surface area contributed by atoms with Gasteiger partial charge >= 0.3 is 13.6 Å². The second-order valence-electron chi connectivity index (χ2n) is 5.07. The number of carboxylic acids is 1. The molecule has 24 heavy (non-hydrogen) atoms. The van der Waals surface area contributed by atoms with E-state index in [0.29, 0.717) is 17.5 Å². The van der Waals surface area contributed by atoms with Crippen molar-refractivity contribution in [2.75, 3.05) is 13.2 Å². The second-order valence-corrected chi connectivity index (χ2v) is 7.13. The number of rotatable bonds is 10. The molecule has 0 heterocycles. The fraction of sp³-hybridized carbons (Fsp3) is 0.500. The van der Waals surface area contributed by atoms with Crippen LogP contribution in [0.25, 0.3) is 0 Å². The van der Waals surface area contributed by atoms with Crippen molar-refractivity contribution in [3.63, 3.8) is 0 Å². The molecule has 1 aromatic rings. The summed E-state index contributed by atoms with van der Waals surface area (Å²) >= 11 is 0. The summed E-state index contributed by atoms with van der Waals surface area (Å²) in [7, 11) is -3.20. The lowest BCUT2D eigenvalue weighted by molar-refractivity contribution is -0.139. The van der Waals surface area contributed by atoms with Gasteiger partial charge in [-0.15, -0.1) is 0 Å². The van der Waals surface area contributed by atoms with Gasteiger partial charge in [-0.25, -0.2) is 4.79 Å². The highest BCUT2D eigenvalue weighted by molar-refractivity contribution is 7.53. The Bertz CT molecular complexity index is 591. The Morgan fingerprint density at radius 2 is 1.67 bits per heavy atom. The van der Waals surface area contributed by atoms with E-state index in [1.54, 1.807) is 45.0 Å². The number of amides is 1. The van der Waals surface area contributed by atoms with Gasteiger partial charge in [0, 0.05) is 5.56 Å². The van der Waals surface area contributed by atoms with E-state index in [9.17, 15) is 14.2 Å². The summed E-state index contributed by atoms with van der Waals surface area (Å²) in [6.07, 6.45) is 0.411. The van der Waals surface area contributed by atoms with Crippen LogP contribution in [-0.2, 0) is 24.6 Å². The summed E-state index contributed by atoms with van der Waals surface area (Å²) in [5.41, 5.74) is 1.04. The Balaban J connectivity index is 2.79. The van der Waals surface area contributed by atoms with Crippen LogP contribution >= 0.6 is 7.60 Å². The Labute approximate surface area is 141 Å². The van der Waals surface area contributed by atoms with Crippen molar-refractivity contribution in [1.29, 1.82) is 0 Å². The van der Waals surface area contributed by atoms with Gasteiger partial charge in [0.2, 0.25) is 0 Å². The molecule has 0 spiro atoms. The average Bonchev–Trinajstić information content (AvgIpc) is 2.53. The molecular formula is C16H24NO6P. The van der Waals surface area contributed by atoms with E-state index in [2.05, 4.69) is 5.32 Å². The molecule has 0 aliphatic rings. The standard InChI is InChI=1S/C16H24NO6P/c1-4-14(16(19)20)17-15(18)13-9-7-12(8-10-13)11-24(21,22-5-2)23-6-3/h7-10,14H,4-6,11H2,1-3H3,(H,17,18)(H,19,20)/t14-/m1/s1. The lowest BCUT2D eigenvalue weighted by atomic mass is 10.1. The smallest absolute Gasteiger partial charge is 0.335 e. The third kappa shape index (κ3) is 6.07. The van der Waals surface area contributed by atoms with Gasteiger partial charge in [-0.3, -0.25) is 9.36 Å². The number of aliphatic carboxylic acids is 1. The highest BCUT2D eigenvalue weighted by Crippen LogP contribution is 2.51. The van der Waals surface area contributed by atoms with Crippen LogP contribution < -0.4 is 5.32 Å². The second kappa shape index (κ2) is 9.57. The molecule has 0 fully saturated rings. The minimum Gasteiger partial charge on any atom is -0.480 e. The molecule has 1 atom stereocenters. The summed E-state index contributed by atoms with van der Waals surface area (Å²) in [5.74, 6) is -1.54. The first-order valence-corrected chi connectivity index (χ1v) is 9.58. The van der Waals surface area contributed by atoms with E-state index in [1.807, 2.05) is 0 Å². The van der Waals surface area contributed by atoms with Crippen LogP contribution in [-0.4, -0.2) is 36.2 Å². The van der Waals surface area contributed by atoms with Gasteiger partial charge in [-0.1, -0.05) is 19.1 Å². The number of carboxylic acid groups (broad SMARTS) is 1. The van der Waals surface area contributed by atoms with Gasteiger partial charge in [-0.2, -0.15) is 0 Å². The zero-order valence-electron chi connectivity index (χ0n) is 14.2. The first-order chi connectivity index (χ1) is 11.3. The molecular weight excluding hydrogens is 333 g/mol. The summed E-state index contributed by atoms with van der Waals surface area (Å²) in [6.45, 7) is 5.73. The van der Waals surface area contributed by atoms with Crippen LogP contribution in [0.15, 0.2) is 24.3 Å². The van der Waals surface area contributed by atoms with Gasteiger partial charge in [0.1, 0.15) is 6.04 Å². The van der Waals surface area contributed by atoms with E-state index in [-0.39, 0.29) is 19.4 Å². The van der Waals surface area contributed by atoms with Gasteiger partial charge in [0.15, 0.2) is 0 Å². The molecule has 0 radical (unpaired) electrons. The number of nitrogens with one attached hydrogen (secondary N) is 1. The molecule has 0 aromatic heterocycles. The minimum absolute atomic E-state index is 0.114. The number of hydrogen-bond acceptors (Lipinski definition) is 5. The molecule has 0 aliphatic heterocycles. The third-order valence-corrected chi connectivity index (χ3v) is 5.31. The van der Waals surface area contributed by atoms with E-state index < -0.39 is 25.5 Å². The molecule has 2 N–H and O–H groups in total. The maximum Gasteiger partial charge on any atom is 0.335 e. The number of carbonyl (C=O) groups is 2. The molecule has 1 rings (SSSR count). The SMILES string of the molecule is CCOP(=O)(Cc1ccc(C(=O)N[C@H](CC)C(=O)O)cc1)OCC. The quantitative estimate of drug-likeness (QED) is 0.624. The first-order valence-electron chi connectivity index (χ1n) is 7.85. The molecule has 0 saturated heterocycles. The minimum atomic E-state index is -3.20. The van der Waals surface area contributed by atoms with E-state index in [4.69, 9.17) is 14.2 Å². The third-order valence-electron chi connectivity index (χ3n) is 3.26. The fourth-order valence-electron chi connectivity index (χ4n) is 2.09. The normalized spacial score (nSPS) is 12.6. The predicted octanol–water partition coefficient (Wildman–Crippen LogP) is 3.05. The molecule has 1 aromatic carbocycles. The molecule has 7 nitrogen and oxygen atoms in total. The molecule has 0 saturated carbocycles. The Morgan fingerprint density at radius 1 is 1.12 bits per heavy atom. The Kier molecular flexibility index (Phi) is 8.11. The monoisotopic (exact) mass is 357 g/mol. The molecule has 0 unspecified atom stereocenters. The van der Waals surface area contributed by atoms with Crippen molar-refractivity contribution in [1.82, 2.24) is 5.32 Å². The number of benzene rings is 1. The zero-order chi connectivity index (χ0) is 18.2. The largest absolute Gasteiger partial charge is 0.480 e. The van der Waals surface area contributed by atoms with Crippen molar-refractivity contribution in [3.05, 3.63) is 35.4 Å². The number of hydrogen-bond donors (Lipinski definition) is 2. The lowest BCUT2D eigenvalue weighted by Crippen LogP contribution is -2.40. The highest BCUT2D eigenvalue weighted by atomic mass is 31.2. The van der Waals surface area contributed by atoms with Crippen LogP contribution in [0.2, 0.25) is 0 Å². The lowest BCUT2D eigenvalue weighted by Gasteiger charge is -2.17. The van der Waals surface area contributed by atoms with Gasteiger partial charge in [0.05, 0.1) is 19.4 Å². The van der Waals surface area contributed by atoms with Crippen molar-refractivity contribution < 1.29 is 28.3 Å². The number of carbonyl (C=O) groups excluding carboxylic acids is 1. The summed E-state index contributed by atoms with van der Waals surface area (Å²) < 4.78 is 22.9. The van der Waals surface area contributed by atoms with E-state index >= 15 is 0 Å². The molecule has 0 aliphatic carbocycles. The van der Waals surface area contributed by atoms with Gasteiger partial charge < -0.3 is 19.5 Å². The van der Waals surface area contributed by atoms with Crippen molar-refractivity contribution in [2.24, 2.45) is 0 Å². The average molecular weight is 357 g/mol. The summed E-state index contributed by atoms with van der Waals surface area (Å²) in [4.78, 5) is 23.0. The van der Waals surface area contributed by atoms with Gasteiger partial charge in [0.25, 0.3) is 5.91 Å². The highest BCUT2D eigenvalue weighted by Gasteiger charge is 2.24. The topological polar surface area (TPSA) is 102 Å². The predicted molar refractivity (Wildman–Crippen MR) is 90.2 cm³/mol. The molecule has 8 heteroatoms. The Hall–Kier alpha value is -1.69. The van der Waals surface area contributed by atoms with Gasteiger partial charge in [-0.05, 0) is 38.0 Å². The van der Waals surface area contributed by atoms with Crippen molar-refractivity contribution >= 4 is 19.5 Å². The summed E-state index contributed by atoms with van der Waals surface area (Å²) in [5, 5.41) is 11.4. The van der Waals surface area contributed by atoms with Crippen molar-refractivity contribution in [3.8, 4) is 0 Å². The molecule has 0 bridgehead atoms. The zero-order valence-corrected chi connectivity index (χ0v) is 15.0.